The topological polar surface area (TPSA) is 58.0 Å². The van der Waals surface area contributed by atoms with Crippen LogP contribution in [0.3, 0.4) is 0 Å². The molecule has 0 spiro atoms. The van der Waals surface area contributed by atoms with Crippen molar-refractivity contribution in [1.29, 1.82) is 0 Å². The quantitative estimate of drug-likeness (QED) is 0.634. The van der Waals surface area contributed by atoms with Gasteiger partial charge in [-0.25, -0.2) is 9.97 Å². The Kier molecular flexibility index (Phi) is 7.54. The molecule has 0 saturated carbocycles. The van der Waals surface area contributed by atoms with Crippen LogP contribution in [0.15, 0.2) is 47.9 Å². The van der Waals surface area contributed by atoms with Crippen molar-refractivity contribution in [1.82, 2.24) is 15.3 Å². The molecule has 2 rings (SSSR count). The van der Waals surface area contributed by atoms with E-state index < -0.39 is 6.10 Å². The fraction of sp³-hybridized carbons (Fsp3) is 0.286. The molecule has 2 N–H and O–H groups in total. The number of hydrogen-bond donors (Lipinski definition) is 2. The molecular formula is C14H18ClN3OS. The van der Waals surface area contributed by atoms with Crippen molar-refractivity contribution in [2.24, 2.45) is 0 Å². The molecule has 20 heavy (non-hydrogen) atoms. The van der Waals surface area contributed by atoms with Crippen molar-refractivity contribution < 1.29 is 5.11 Å². The number of hydrogen-bond acceptors (Lipinski definition) is 5. The SMILES string of the molecule is CSc1ncc(CNCC(O)c2ccccc2)cn1.Cl. The number of thioether (sulfide) groups is 1. The molecule has 0 saturated heterocycles. The third-order valence-corrected chi connectivity index (χ3v) is 3.29. The molecule has 0 fully saturated rings. The number of nitrogens with one attached hydrogen (secondary N) is 1. The average molecular weight is 312 g/mol. The molecule has 0 aliphatic heterocycles. The lowest BCUT2D eigenvalue weighted by Crippen LogP contribution is -2.21. The Balaban J connectivity index is 0.00000200. The highest BCUT2D eigenvalue weighted by Crippen LogP contribution is 2.11. The van der Waals surface area contributed by atoms with Gasteiger partial charge in [-0.05, 0) is 11.8 Å². The van der Waals surface area contributed by atoms with Crippen molar-refractivity contribution >= 4 is 24.2 Å². The van der Waals surface area contributed by atoms with Crippen LogP contribution in [0.25, 0.3) is 0 Å². The van der Waals surface area contributed by atoms with E-state index in [1.54, 1.807) is 12.4 Å². The molecule has 6 heteroatoms. The third-order valence-electron chi connectivity index (χ3n) is 2.72. The molecule has 0 radical (unpaired) electrons. The number of nitrogens with zero attached hydrogens (tertiary/aromatic N) is 2. The van der Waals surface area contributed by atoms with Crippen LogP contribution in [0.5, 0.6) is 0 Å². The molecule has 1 atom stereocenters. The zero-order valence-corrected chi connectivity index (χ0v) is 12.8. The van der Waals surface area contributed by atoms with Crippen LogP contribution in [0.2, 0.25) is 0 Å². The van der Waals surface area contributed by atoms with E-state index in [0.717, 1.165) is 16.3 Å². The second kappa shape index (κ2) is 8.92. The summed E-state index contributed by atoms with van der Waals surface area (Å²) in [5, 5.41) is 14.0. The molecule has 0 aliphatic rings. The molecule has 4 nitrogen and oxygen atoms in total. The van der Waals surface area contributed by atoms with Crippen LogP contribution in [-0.2, 0) is 6.54 Å². The first kappa shape index (κ1) is 16.9. The summed E-state index contributed by atoms with van der Waals surface area (Å²) < 4.78 is 0. The first-order valence-corrected chi connectivity index (χ1v) is 7.30. The van der Waals surface area contributed by atoms with Crippen molar-refractivity contribution in [2.45, 2.75) is 17.8 Å². The minimum atomic E-state index is -0.493. The van der Waals surface area contributed by atoms with Crippen LogP contribution in [0.1, 0.15) is 17.2 Å². The molecule has 108 valence electrons. The van der Waals surface area contributed by atoms with Gasteiger partial charge in [-0.2, -0.15) is 0 Å². The lowest BCUT2D eigenvalue weighted by Gasteiger charge is -2.12. The second-order valence-electron chi connectivity index (χ2n) is 4.14. The van der Waals surface area contributed by atoms with Crippen LogP contribution < -0.4 is 5.32 Å². The Bertz CT molecular complexity index is 496. The molecule has 0 amide bonds. The standard InChI is InChI=1S/C14H17N3OS.ClH/c1-19-14-16-8-11(9-17-14)7-15-10-13(18)12-5-3-2-4-6-12;/h2-6,8-9,13,15,18H,7,10H2,1H3;1H. The Hall–Kier alpha value is -1.14. The number of rotatable bonds is 6. The summed E-state index contributed by atoms with van der Waals surface area (Å²) in [6.07, 6.45) is 5.07. The number of halogens is 1. The summed E-state index contributed by atoms with van der Waals surface area (Å²) in [5.74, 6) is 0. The van der Waals surface area contributed by atoms with Gasteiger partial charge in [-0.3, -0.25) is 0 Å². The van der Waals surface area contributed by atoms with Gasteiger partial charge in [0, 0.05) is 31.0 Å². The highest BCUT2D eigenvalue weighted by molar-refractivity contribution is 7.98. The van der Waals surface area contributed by atoms with Crippen molar-refractivity contribution in [3.05, 3.63) is 53.9 Å². The van der Waals surface area contributed by atoms with E-state index in [1.807, 2.05) is 36.6 Å². The first-order valence-electron chi connectivity index (χ1n) is 6.08. The van der Waals surface area contributed by atoms with Crippen LogP contribution in [0, 0.1) is 0 Å². The van der Waals surface area contributed by atoms with E-state index in [9.17, 15) is 5.11 Å². The molecule has 1 heterocycles. The van der Waals surface area contributed by atoms with E-state index in [2.05, 4.69) is 15.3 Å². The van der Waals surface area contributed by atoms with Gasteiger partial charge in [0.05, 0.1) is 6.10 Å². The van der Waals surface area contributed by atoms with Gasteiger partial charge >= 0.3 is 0 Å². The zero-order valence-electron chi connectivity index (χ0n) is 11.2. The van der Waals surface area contributed by atoms with E-state index in [4.69, 9.17) is 0 Å². The summed E-state index contributed by atoms with van der Waals surface area (Å²) in [4.78, 5) is 8.40. The Labute approximate surface area is 129 Å². The molecule has 1 aromatic heterocycles. The number of benzene rings is 1. The smallest absolute Gasteiger partial charge is 0.187 e. The van der Waals surface area contributed by atoms with Gasteiger partial charge in [-0.1, -0.05) is 42.1 Å². The van der Waals surface area contributed by atoms with Crippen LogP contribution >= 0.6 is 24.2 Å². The van der Waals surface area contributed by atoms with Gasteiger partial charge < -0.3 is 10.4 Å². The summed E-state index contributed by atoms with van der Waals surface area (Å²) >= 11 is 1.52. The summed E-state index contributed by atoms with van der Waals surface area (Å²) in [6, 6.07) is 9.63. The van der Waals surface area contributed by atoms with Gasteiger partial charge in [0.2, 0.25) is 0 Å². The first-order chi connectivity index (χ1) is 9.29. The van der Waals surface area contributed by atoms with E-state index in [-0.39, 0.29) is 12.4 Å². The maximum atomic E-state index is 9.98. The van der Waals surface area contributed by atoms with Gasteiger partial charge in [0.25, 0.3) is 0 Å². The van der Waals surface area contributed by atoms with Gasteiger partial charge in [0.15, 0.2) is 5.16 Å². The number of aliphatic hydroxyl groups is 1. The molecule has 0 bridgehead atoms. The lowest BCUT2D eigenvalue weighted by atomic mass is 10.1. The summed E-state index contributed by atoms with van der Waals surface area (Å²) in [5.41, 5.74) is 1.93. The normalized spacial score (nSPS) is 11.7. The highest BCUT2D eigenvalue weighted by Gasteiger charge is 2.06. The summed E-state index contributed by atoms with van der Waals surface area (Å²) in [7, 11) is 0. The van der Waals surface area contributed by atoms with Gasteiger partial charge in [0.1, 0.15) is 0 Å². The number of aliphatic hydroxyl groups excluding tert-OH is 1. The Morgan fingerprint density at radius 1 is 1.20 bits per heavy atom. The monoisotopic (exact) mass is 311 g/mol. The minimum Gasteiger partial charge on any atom is -0.387 e. The lowest BCUT2D eigenvalue weighted by molar-refractivity contribution is 0.174. The minimum absolute atomic E-state index is 0. The molecular weight excluding hydrogens is 294 g/mol. The van der Waals surface area contributed by atoms with E-state index in [1.165, 1.54) is 11.8 Å². The third kappa shape index (κ3) is 5.09. The largest absolute Gasteiger partial charge is 0.387 e. The zero-order chi connectivity index (χ0) is 13.5. The molecule has 2 aromatic rings. The van der Waals surface area contributed by atoms with Crippen molar-refractivity contribution in [2.75, 3.05) is 12.8 Å². The summed E-state index contributed by atoms with van der Waals surface area (Å²) in [6.45, 7) is 1.16. The van der Waals surface area contributed by atoms with Crippen molar-refractivity contribution in [3.8, 4) is 0 Å². The van der Waals surface area contributed by atoms with Crippen molar-refractivity contribution in [3.63, 3.8) is 0 Å². The second-order valence-corrected chi connectivity index (χ2v) is 4.91. The predicted octanol–water partition coefficient (Wildman–Crippen LogP) is 2.44. The predicted molar refractivity (Wildman–Crippen MR) is 84.2 cm³/mol. The molecule has 1 aromatic carbocycles. The highest BCUT2D eigenvalue weighted by atomic mass is 35.5. The van der Waals surface area contributed by atoms with Gasteiger partial charge in [-0.15, -0.1) is 12.4 Å². The Morgan fingerprint density at radius 2 is 1.85 bits per heavy atom. The van der Waals surface area contributed by atoms with Crippen LogP contribution in [-0.4, -0.2) is 27.9 Å². The fourth-order valence-electron chi connectivity index (χ4n) is 1.69. The van der Waals surface area contributed by atoms with E-state index >= 15 is 0 Å². The maximum absolute atomic E-state index is 9.98. The molecule has 0 aliphatic carbocycles. The fourth-order valence-corrected chi connectivity index (χ4v) is 2.00. The Morgan fingerprint density at radius 3 is 2.45 bits per heavy atom. The number of aromatic nitrogens is 2. The molecule has 1 unspecified atom stereocenters. The van der Waals surface area contributed by atoms with E-state index in [0.29, 0.717) is 13.1 Å². The average Bonchev–Trinajstić information content (AvgIpc) is 2.49. The maximum Gasteiger partial charge on any atom is 0.187 e. The van der Waals surface area contributed by atoms with Crippen LogP contribution in [0.4, 0.5) is 0 Å².